The highest BCUT2D eigenvalue weighted by Gasteiger charge is 2.31. The van der Waals surface area contributed by atoms with Gasteiger partial charge in [-0.1, -0.05) is 19.1 Å². The van der Waals surface area contributed by atoms with Crippen LogP contribution < -0.4 is 16.4 Å². The van der Waals surface area contributed by atoms with Gasteiger partial charge in [0.1, 0.15) is 6.04 Å². The van der Waals surface area contributed by atoms with E-state index in [2.05, 4.69) is 10.6 Å². The van der Waals surface area contributed by atoms with Gasteiger partial charge >= 0.3 is 6.03 Å². The molecule has 6 nitrogen and oxygen atoms in total. The van der Waals surface area contributed by atoms with Crippen LogP contribution in [0.15, 0.2) is 24.3 Å². The highest BCUT2D eigenvalue weighted by Crippen LogP contribution is 2.13. The lowest BCUT2D eigenvalue weighted by Gasteiger charge is -2.34. The maximum atomic E-state index is 12.2. The van der Waals surface area contributed by atoms with Crippen LogP contribution in [0.2, 0.25) is 0 Å². The molecule has 0 aliphatic carbocycles. The van der Waals surface area contributed by atoms with Crippen molar-refractivity contribution in [2.24, 2.45) is 5.73 Å². The quantitative estimate of drug-likeness (QED) is 0.766. The number of nitrogens with one attached hydrogen (secondary N) is 2. The van der Waals surface area contributed by atoms with Gasteiger partial charge in [0.25, 0.3) is 0 Å². The summed E-state index contributed by atoms with van der Waals surface area (Å²) in [7, 11) is 0. The first-order valence-electron chi connectivity index (χ1n) is 6.80. The van der Waals surface area contributed by atoms with Crippen molar-refractivity contribution in [1.29, 1.82) is 0 Å². The van der Waals surface area contributed by atoms with Crippen LogP contribution >= 0.6 is 0 Å². The minimum Gasteiger partial charge on any atom is -0.353 e. The molecule has 0 bridgehead atoms. The predicted molar refractivity (Wildman–Crippen MR) is 77.1 cm³/mol. The fraction of sp³-hybridized carbons (Fsp3) is 0.429. The largest absolute Gasteiger partial charge is 0.353 e. The first-order chi connectivity index (χ1) is 9.65. The standard InChI is InChI=1S/C14H20N4O2/c1-2-12-13(19)16-7-8-18(12)14(20)17-11-5-3-10(9-15)4-6-11/h3-6,12H,2,7-9,15H2,1H3,(H,16,19)(H,17,20). The second-order valence-corrected chi connectivity index (χ2v) is 4.74. The Balaban J connectivity index is 2.04. The second-order valence-electron chi connectivity index (χ2n) is 4.74. The van der Waals surface area contributed by atoms with Crippen molar-refractivity contribution < 1.29 is 9.59 Å². The summed E-state index contributed by atoms with van der Waals surface area (Å²) >= 11 is 0. The van der Waals surface area contributed by atoms with Crippen LogP contribution in [0.25, 0.3) is 0 Å². The molecular formula is C14H20N4O2. The van der Waals surface area contributed by atoms with Gasteiger partial charge < -0.3 is 21.3 Å². The molecule has 6 heteroatoms. The number of hydrogen-bond donors (Lipinski definition) is 3. The number of benzene rings is 1. The number of nitrogens with zero attached hydrogens (tertiary/aromatic N) is 1. The number of anilines is 1. The Hall–Kier alpha value is -2.08. The number of hydrogen-bond acceptors (Lipinski definition) is 3. The molecule has 1 unspecified atom stereocenters. The molecule has 1 atom stereocenters. The van der Waals surface area contributed by atoms with Crippen molar-refractivity contribution in [3.63, 3.8) is 0 Å². The molecule has 3 amide bonds. The summed E-state index contributed by atoms with van der Waals surface area (Å²) in [5.74, 6) is -0.0904. The van der Waals surface area contributed by atoms with Crippen LogP contribution in [0.4, 0.5) is 10.5 Å². The maximum absolute atomic E-state index is 12.2. The zero-order chi connectivity index (χ0) is 14.5. The summed E-state index contributed by atoms with van der Waals surface area (Å²) in [6.07, 6.45) is 0.603. The number of urea groups is 1. The molecule has 4 N–H and O–H groups in total. The van der Waals surface area contributed by atoms with Crippen molar-refractivity contribution in [2.45, 2.75) is 25.9 Å². The first-order valence-corrected chi connectivity index (χ1v) is 6.80. The Labute approximate surface area is 118 Å². The molecular weight excluding hydrogens is 256 g/mol. The molecule has 1 fully saturated rings. The van der Waals surface area contributed by atoms with Gasteiger partial charge in [-0.2, -0.15) is 0 Å². The lowest BCUT2D eigenvalue weighted by Crippen LogP contribution is -2.57. The Morgan fingerprint density at radius 1 is 1.45 bits per heavy atom. The highest BCUT2D eigenvalue weighted by atomic mass is 16.2. The summed E-state index contributed by atoms with van der Waals surface area (Å²) in [4.78, 5) is 25.6. The van der Waals surface area contributed by atoms with E-state index >= 15 is 0 Å². The Bertz CT molecular complexity index is 486. The number of piperazine rings is 1. The molecule has 1 saturated heterocycles. The van der Waals surface area contributed by atoms with E-state index in [1.165, 1.54) is 0 Å². The summed E-state index contributed by atoms with van der Waals surface area (Å²) in [5.41, 5.74) is 7.24. The monoisotopic (exact) mass is 276 g/mol. The van der Waals surface area contributed by atoms with Gasteiger partial charge in [-0.15, -0.1) is 0 Å². The first kappa shape index (κ1) is 14.3. The number of nitrogens with two attached hydrogens (primary N) is 1. The topological polar surface area (TPSA) is 87.5 Å². The molecule has 1 aromatic carbocycles. The second kappa shape index (κ2) is 6.38. The van der Waals surface area contributed by atoms with E-state index in [1.807, 2.05) is 31.2 Å². The Morgan fingerprint density at radius 3 is 2.75 bits per heavy atom. The van der Waals surface area contributed by atoms with E-state index in [-0.39, 0.29) is 11.9 Å². The normalized spacial score (nSPS) is 18.6. The van der Waals surface area contributed by atoms with E-state index in [1.54, 1.807) is 4.90 Å². The lowest BCUT2D eigenvalue weighted by molar-refractivity contribution is -0.127. The van der Waals surface area contributed by atoms with Crippen molar-refractivity contribution in [1.82, 2.24) is 10.2 Å². The molecule has 1 aliphatic rings. The molecule has 0 radical (unpaired) electrons. The maximum Gasteiger partial charge on any atom is 0.322 e. The molecule has 108 valence electrons. The minimum absolute atomic E-state index is 0.0904. The Kier molecular flexibility index (Phi) is 4.57. The van der Waals surface area contributed by atoms with Gasteiger partial charge in [0, 0.05) is 25.3 Å². The van der Waals surface area contributed by atoms with Gasteiger partial charge in [0.2, 0.25) is 5.91 Å². The third-order valence-electron chi connectivity index (χ3n) is 3.42. The molecule has 1 aliphatic heterocycles. The third-order valence-corrected chi connectivity index (χ3v) is 3.42. The van der Waals surface area contributed by atoms with Gasteiger partial charge in [0.05, 0.1) is 0 Å². The number of carbonyl (C=O) groups excluding carboxylic acids is 2. The minimum atomic E-state index is -0.396. The average Bonchev–Trinajstić information content (AvgIpc) is 2.47. The summed E-state index contributed by atoms with van der Waals surface area (Å²) in [6.45, 7) is 3.39. The molecule has 2 rings (SSSR count). The molecule has 1 heterocycles. The molecule has 0 saturated carbocycles. The number of rotatable bonds is 3. The molecule has 0 aromatic heterocycles. The van der Waals surface area contributed by atoms with Gasteiger partial charge in [-0.25, -0.2) is 4.79 Å². The molecule has 0 spiro atoms. The lowest BCUT2D eigenvalue weighted by atomic mass is 10.1. The van der Waals surface area contributed by atoms with Gasteiger partial charge in [-0.05, 0) is 24.1 Å². The van der Waals surface area contributed by atoms with E-state index in [4.69, 9.17) is 5.73 Å². The fourth-order valence-corrected chi connectivity index (χ4v) is 2.28. The van der Waals surface area contributed by atoms with E-state index < -0.39 is 6.04 Å². The SMILES string of the molecule is CCC1C(=O)NCCN1C(=O)Nc1ccc(CN)cc1. The van der Waals surface area contributed by atoms with Gasteiger partial charge in [-0.3, -0.25) is 4.79 Å². The summed E-state index contributed by atoms with van der Waals surface area (Å²) in [5, 5.41) is 5.59. The van der Waals surface area contributed by atoms with Gasteiger partial charge in [0.15, 0.2) is 0 Å². The summed E-state index contributed by atoms with van der Waals surface area (Å²) in [6, 6.07) is 6.72. The van der Waals surface area contributed by atoms with Crippen molar-refractivity contribution in [3.05, 3.63) is 29.8 Å². The van der Waals surface area contributed by atoms with Crippen molar-refractivity contribution in [3.8, 4) is 0 Å². The van der Waals surface area contributed by atoms with Crippen molar-refractivity contribution in [2.75, 3.05) is 18.4 Å². The van der Waals surface area contributed by atoms with Crippen molar-refractivity contribution >= 4 is 17.6 Å². The molecule has 1 aromatic rings. The van der Waals surface area contributed by atoms with Crippen LogP contribution in [-0.2, 0) is 11.3 Å². The van der Waals surface area contributed by atoms with E-state index in [0.717, 1.165) is 5.56 Å². The van der Waals surface area contributed by atoms with Crippen LogP contribution in [0.5, 0.6) is 0 Å². The van der Waals surface area contributed by atoms with Crippen LogP contribution in [-0.4, -0.2) is 36.0 Å². The number of amides is 3. The van der Waals surface area contributed by atoms with E-state index in [9.17, 15) is 9.59 Å². The third kappa shape index (κ3) is 3.08. The molecule has 20 heavy (non-hydrogen) atoms. The highest BCUT2D eigenvalue weighted by molar-refractivity contribution is 5.94. The van der Waals surface area contributed by atoms with Crippen LogP contribution in [0.1, 0.15) is 18.9 Å². The summed E-state index contributed by atoms with van der Waals surface area (Å²) < 4.78 is 0. The van der Waals surface area contributed by atoms with Crippen LogP contribution in [0, 0.1) is 0 Å². The zero-order valence-corrected chi connectivity index (χ0v) is 11.6. The van der Waals surface area contributed by atoms with Crippen LogP contribution in [0.3, 0.4) is 0 Å². The average molecular weight is 276 g/mol. The Morgan fingerprint density at radius 2 is 2.15 bits per heavy atom. The number of carbonyl (C=O) groups is 2. The zero-order valence-electron chi connectivity index (χ0n) is 11.6. The predicted octanol–water partition coefficient (Wildman–Crippen LogP) is 0.888. The van der Waals surface area contributed by atoms with E-state index in [0.29, 0.717) is 31.7 Å². The smallest absolute Gasteiger partial charge is 0.322 e. The fourth-order valence-electron chi connectivity index (χ4n) is 2.28.